The summed E-state index contributed by atoms with van der Waals surface area (Å²) in [6.07, 6.45) is 4.77. The number of pyridine rings is 1. The maximum atomic E-state index is 13.8. The van der Waals surface area contributed by atoms with Gasteiger partial charge in [0.25, 0.3) is 5.91 Å². The highest BCUT2D eigenvalue weighted by Gasteiger charge is 2.16. The van der Waals surface area contributed by atoms with E-state index in [0.717, 1.165) is 5.56 Å². The molecule has 1 atom stereocenters. The predicted molar refractivity (Wildman–Crippen MR) is 90.7 cm³/mol. The summed E-state index contributed by atoms with van der Waals surface area (Å²) in [5.41, 5.74) is 1.37. The van der Waals surface area contributed by atoms with Gasteiger partial charge in [-0.1, -0.05) is 22.9 Å². The Morgan fingerprint density at radius 2 is 2.08 bits per heavy atom. The summed E-state index contributed by atoms with van der Waals surface area (Å²) in [7, 11) is 0. The maximum absolute atomic E-state index is 13.8. The van der Waals surface area contributed by atoms with Crippen LogP contribution >= 0.6 is 11.6 Å². The highest BCUT2D eigenvalue weighted by Crippen LogP contribution is 2.19. The molecular weight excluding hydrogens is 345 g/mol. The molecule has 25 heavy (non-hydrogen) atoms. The van der Waals surface area contributed by atoms with Gasteiger partial charge in [0.05, 0.1) is 18.8 Å². The molecule has 0 spiro atoms. The van der Waals surface area contributed by atoms with Gasteiger partial charge in [-0.2, -0.15) is 0 Å². The zero-order chi connectivity index (χ0) is 17.8. The second-order valence-corrected chi connectivity index (χ2v) is 5.88. The van der Waals surface area contributed by atoms with Crippen molar-refractivity contribution >= 4 is 17.5 Å². The van der Waals surface area contributed by atoms with E-state index in [4.69, 9.17) is 11.6 Å². The number of carbonyl (C=O) groups excluding carboxylic acids is 1. The van der Waals surface area contributed by atoms with Crippen LogP contribution in [-0.4, -0.2) is 25.9 Å². The van der Waals surface area contributed by atoms with E-state index in [9.17, 15) is 9.18 Å². The summed E-state index contributed by atoms with van der Waals surface area (Å²) in [6, 6.07) is 7.89. The molecule has 8 heteroatoms. The molecule has 3 rings (SSSR count). The number of benzene rings is 1. The standard InChI is InChI=1S/C17H15ClFN5O/c1-11(12-5-7-20-8-6-12)21-17(25)16-10-24(23-22-16)9-13-14(18)3-2-4-15(13)19/h2-8,10-11H,9H2,1H3,(H,21,25). The molecule has 3 aromatic rings. The van der Waals surface area contributed by atoms with Crippen LogP contribution in [0.3, 0.4) is 0 Å². The van der Waals surface area contributed by atoms with Crippen molar-refractivity contribution < 1.29 is 9.18 Å². The van der Waals surface area contributed by atoms with E-state index in [1.165, 1.54) is 23.0 Å². The monoisotopic (exact) mass is 359 g/mol. The number of rotatable bonds is 5. The lowest BCUT2D eigenvalue weighted by Crippen LogP contribution is -2.27. The molecule has 128 valence electrons. The molecule has 0 aliphatic rings. The van der Waals surface area contributed by atoms with E-state index in [-0.39, 0.29) is 24.2 Å². The number of nitrogens with one attached hydrogen (secondary N) is 1. The van der Waals surface area contributed by atoms with Gasteiger partial charge in [0.1, 0.15) is 5.82 Å². The van der Waals surface area contributed by atoms with Crippen LogP contribution in [0.2, 0.25) is 5.02 Å². The second kappa shape index (κ2) is 7.40. The first kappa shape index (κ1) is 17.0. The Labute approximate surface area is 148 Å². The van der Waals surface area contributed by atoms with Gasteiger partial charge in [0, 0.05) is 23.0 Å². The zero-order valence-corrected chi connectivity index (χ0v) is 14.1. The van der Waals surface area contributed by atoms with Crippen LogP contribution in [-0.2, 0) is 6.54 Å². The molecule has 6 nitrogen and oxygen atoms in total. The summed E-state index contributed by atoms with van der Waals surface area (Å²) < 4.78 is 15.2. The van der Waals surface area contributed by atoms with Crippen molar-refractivity contribution in [2.24, 2.45) is 0 Å². The fraction of sp³-hybridized carbons (Fsp3) is 0.176. The van der Waals surface area contributed by atoms with Crippen molar-refractivity contribution in [3.05, 3.63) is 76.6 Å². The van der Waals surface area contributed by atoms with Crippen molar-refractivity contribution in [1.29, 1.82) is 0 Å². The third kappa shape index (κ3) is 4.00. The van der Waals surface area contributed by atoms with Gasteiger partial charge in [-0.3, -0.25) is 9.78 Å². The van der Waals surface area contributed by atoms with Crippen molar-refractivity contribution in [2.45, 2.75) is 19.5 Å². The van der Waals surface area contributed by atoms with Gasteiger partial charge in [-0.05, 0) is 36.8 Å². The molecule has 2 heterocycles. The first-order valence-corrected chi connectivity index (χ1v) is 7.96. The summed E-state index contributed by atoms with van der Waals surface area (Å²) in [5.74, 6) is -0.796. The van der Waals surface area contributed by atoms with Gasteiger partial charge < -0.3 is 5.32 Å². The van der Waals surface area contributed by atoms with Gasteiger partial charge in [0.2, 0.25) is 0 Å². The molecule has 1 unspecified atom stereocenters. The van der Waals surface area contributed by atoms with Gasteiger partial charge in [-0.15, -0.1) is 5.10 Å². The zero-order valence-electron chi connectivity index (χ0n) is 13.4. The number of halogens is 2. The smallest absolute Gasteiger partial charge is 0.273 e. The molecule has 1 amide bonds. The van der Waals surface area contributed by atoms with Crippen molar-refractivity contribution in [3.63, 3.8) is 0 Å². The minimum atomic E-state index is -0.430. The molecule has 0 aliphatic heterocycles. The van der Waals surface area contributed by atoms with E-state index in [2.05, 4.69) is 20.6 Å². The van der Waals surface area contributed by atoms with E-state index in [0.29, 0.717) is 10.6 Å². The van der Waals surface area contributed by atoms with Crippen molar-refractivity contribution in [2.75, 3.05) is 0 Å². The van der Waals surface area contributed by atoms with Crippen LogP contribution in [0.1, 0.15) is 34.6 Å². The molecule has 1 aromatic carbocycles. The summed E-state index contributed by atoms with van der Waals surface area (Å²) in [5, 5.41) is 10.8. The third-order valence-electron chi connectivity index (χ3n) is 3.71. The number of hydrogen-bond acceptors (Lipinski definition) is 4. The molecule has 0 bridgehead atoms. The normalized spacial score (nSPS) is 12.0. The minimum Gasteiger partial charge on any atom is -0.344 e. The first-order valence-electron chi connectivity index (χ1n) is 7.58. The average Bonchev–Trinajstić information content (AvgIpc) is 3.08. The van der Waals surface area contributed by atoms with Crippen LogP contribution in [0.4, 0.5) is 4.39 Å². The van der Waals surface area contributed by atoms with Gasteiger partial charge >= 0.3 is 0 Å². The fourth-order valence-corrected chi connectivity index (χ4v) is 2.55. The lowest BCUT2D eigenvalue weighted by molar-refractivity contribution is 0.0934. The Morgan fingerprint density at radius 1 is 1.32 bits per heavy atom. The van der Waals surface area contributed by atoms with E-state index < -0.39 is 5.82 Å². The lowest BCUT2D eigenvalue weighted by Gasteiger charge is -2.12. The molecule has 1 N–H and O–H groups in total. The minimum absolute atomic E-state index is 0.0890. The number of carbonyl (C=O) groups is 1. The number of hydrogen-bond donors (Lipinski definition) is 1. The second-order valence-electron chi connectivity index (χ2n) is 5.48. The van der Waals surface area contributed by atoms with Crippen LogP contribution in [0.5, 0.6) is 0 Å². The topological polar surface area (TPSA) is 72.7 Å². The largest absolute Gasteiger partial charge is 0.344 e. The van der Waals surface area contributed by atoms with Crippen LogP contribution in [0.15, 0.2) is 48.9 Å². The Bertz CT molecular complexity index is 864. The first-order chi connectivity index (χ1) is 12.0. The van der Waals surface area contributed by atoms with Gasteiger partial charge in [-0.25, -0.2) is 9.07 Å². The van der Waals surface area contributed by atoms with Crippen LogP contribution in [0.25, 0.3) is 0 Å². The Balaban J connectivity index is 1.70. The van der Waals surface area contributed by atoms with E-state index in [1.807, 2.05) is 19.1 Å². The summed E-state index contributed by atoms with van der Waals surface area (Å²) in [6.45, 7) is 1.95. The van der Waals surface area contributed by atoms with E-state index in [1.54, 1.807) is 18.5 Å². The highest BCUT2D eigenvalue weighted by atomic mass is 35.5. The number of aromatic nitrogens is 4. The molecular formula is C17H15ClFN5O. The predicted octanol–water partition coefficient (Wildman–Crippen LogP) is 3.00. The highest BCUT2D eigenvalue weighted by molar-refractivity contribution is 6.31. The number of amides is 1. The third-order valence-corrected chi connectivity index (χ3v) is 4.06. The lowest BCUT2D eigenvalue weighted by atomic mass is 10.1. The molecule has 0 saturated carbocycles. The SMILES string of the molecule is CC(NC(=O)c1cn(Cc2c(F)cccc2Cl)nn1)c1ccncc1. The Kier molecular flexibility index (Phi) is 5.04. The maximum Gasteiger partial charge on any atom is 0.273 e. The molecule has 0 aliphatic carbocycles. The van der Waals surface area contributed by atoms with E-state index >= 15 is 0 Å². The van der Waals surface area contributed by atoms with Gasteiger partial charge in [0.15, 0.2) is 5.69 Å². The quantitative estimate of drug-likeness (QED) is 0.760. The molecule has 0 fully saturated rings. The molecule has 2 aromatic heterocycles. The molecule has 0 radical (unpaired) electrons. The van der Waals surface area contributed by atoms with Crippen molar-refractivity contribution in [3.8, 4) is 0 Å². The summed E-state index contributed by atoms with van der Waals surface area (Å²) in [4.78, 5) is 16.2. The van der Waals surface area contributed by atoms with Crippen LogP contribution < -0.4 is 5.32 Å². The summed E-state index contributed by atoms with van der Waals surface area (Å²) >= 11 is 6.00. The molecule has 0 saturated heterocycles. The Morgan fingerprint density at radius 3 is 2.80 bits per heavy atom. The van der Waals surface area contributed by atoms with Crippen molar-refractivity contribution in [1.82, 2.24) is 25.3 Å². The average molecular weight is 360 g/mol. The van der Waals surface area contributed by atoms with Crippen LogP contribution in [0, 0.1) is 5.82 Å². The fourth-order valence-electron chi connectivity index (χ4n) is 2.33. The number of nitrogens with zero attached hydrogens (tertiary/aromatic N) is 4. The Hall–Kier alpha value is -2.80.